The highest BCUT2D eigenvalue weighted by molar-refractivity contribution is 5.91. The van der Waals surface area contributed by atoms with E-state index < -0.39 is 5.97 Å². The molecule has 23 heavy (non-hydrogen) atoms. The van der Waals surface area contributed by atoms with Crippen molar-refractivity contribution in [2.75, 3.05) is 6.61 Å². The molecule has 0 aliphatic carbocycles. The zero-order valence-electron chi connectivity index (χ0n) is 13.6. The van der Waals surface area contributed by atoms with Gasteiger partial charge in [-0.05, 0) is 50.6 Å². The summed E-state index contributed by atoms with van der Waals surface area (Å²) in [6.07, 6.45) is 2.54. The fraction of sp³-hybridized carbons (Fsp3) is 0.353. The molecule has 0 fully saturated rings. The van der Waals surface area contributed by atoms with Gasteiger partial charge in [0, 0.05) is 17.9 Å². The Morgan fingerprint density at radius 2 is 1.96 bits per heavy atom. The number of hydrogen-bond acceptors (Lipinski definition) is 4. The first-order chi connectivity index (χ1) is 11.0. The van der Waals surface area contributed by atoms with Crippen LogP contribution < -0.4 is 5.32 Å². The predicted molar refractivity (Wildman–Crippen MR) is 86.5 cm³/mol. The summed E-state index contributed by atoms with van der Waals surface area (Å²) in [6, 6.07) is 8.86. The molecule has 0 saturated carbocycles. The number of hydrogen-bond donors (Lipinski definition) is 1. The second-order valence-corrected chi connectivity index (χ2v) is 5.38. The third kappa shape index (κ3) is 4.42. The first-order valence-corrected chi connectivity index (χ1v) is 7.58. The predicted octanol–water partition coefficient (Wildman–Crippen LogP) is 2.25. The Bertz CT molecular complexity index is 677. The fourth-order valence-electron chi connectivity index (χ4n) is 2.01. The van der Waals surface area contributed by atoms with E-state index in [-0.39, 0.29) is 18.6 Å². The second-order valence-electron chi connectivity index (χ2n) is 5.38. The van der Waals surface area contributed by atoms with E-state index in [2.05, 4.69) is 10.4 Å². The number of ether oxygens (including phenoxy) is 1. The quantitative estimate of drug-likeness (QED) is 0.830. The first kappa shape index (κ1) is 16.7. The average Bonchev–Trinajstić information content (AvgIpc) is 2.98. The third-order valence-electron chi connectivity index (χ3n) is 3.53. The van der Waals surface area contributed by atoms with Crippen molar-refractivity contribution in [2.24, 2.45) is 0 Å². The highest BCUT2D eigenvalue weighted by atomic mass is 16.5. The normalized spacial score (nSPS) is 11.8. The van der Waals surface area contributed by atoms with Crippen molar-refractivity contribution < 1.29 is 14.3 Å². The molecule has 2 aromatic rings. The first-order valence-electron chi connectivity index (χ1n) is 7.58. The summed E-state index contributed by atoms with van der Waals surface area (Å²) in [5.74, 6) is -0.815. The van der Waals surface area contributed by atoms with E-state index in [0.717, 1.165) is 17.8 Å². The molecule has 1 aromatic carbocycles. The summed E-state index contributed by atoms with van der Waals surface area (Å²) >= 11 is 0. The molecule has 0 bridgehead atoms. The van der Waals surface area contributed by atoms with Crippen molar-refractivity contribution >= 4 is 11.9 Å². The van der Waals surface area contributed by atoms with Crippen LogP contribution in [0.4, 0.5) is 0 Å². The van der Waals surface area contributed by atoms with Gasteiger partial charge < -0.3 is 10.1 Å². The molecule has 6 heteroatoms. The van der Waals surface area contributed by atoms with Crippen LogP contribution in [0, 0.1) is 6.92 Å². The van der Waals surface area contributed by atoms with Crippen molar-refractivity contribution in [3.8, 4) is 5.69 Å². The van der Waals surface area contributed by atoms with Crippen LogP contribution in [-0.2, 0) is 9.53 Å². The molecule has 6 nitrogen and oxygen atoms in total. The largest absolute Gasteiger partial charge is 0.452 e. The lowest BCUT2D eigenvalue weighted by molar-refractivity contribution is -0.124. The molecular formula is C17H21N3O3. The van der Waals surface area contributed by atoms with Crippen LogP contribution in [0.5, 0.6) is 0 Å². The lowest BCUT2D eigenvalue weighted by Gasteiger charge is -2.11. The number of aryl methyl sites for hydroxylation is 1. The van der Waals surface area contributed by atoms with Gasteiger partial charge in [-0.1, -0.05) is 6.92 Å². The Kier molecular flexibility index (Phi) is 5.51. The van der Waals surface area contributed by atoms with Gasteiger partial charge in [-0.15, -0.1) is 0 Å². The van der Waals surface area contributed by atoms with E-state index >= 15 is 0 Å². The van der Waals surface area contributed by atoms with E-state index in [9.17, 15) is 9.59 Å². The number of aromatic nitrogens is 2. The monoisotopic (exact) mass is 315 g/mol. The molecule has 1 N–H and O–H groups in total. The molecule has 0 unspecified atom stereocenters. The molecule has 0 radical (unpaired) electrons. The average molecular weight is 315 g/mol. The summed E-state index contributed by atoms with van der Waals surface area (Å²) in [7, 11) is 0. The number of benzene rings is 1. The zero-order valence-corrected chi connectivity index (χ0v) is 13.6. The van der Waals surface area contributed by atoms with Gasteiger partial charge in [0.2, 0.25) is 0 Å². The van der Waals surface area contributed by atoms with Crippen LogP contribution in [0.3, 0.4) is 0 Å². The van der Waals surface area contributed by atoms with Crippen LogP contribution in [0.2, 0.25) is 0 Å². The summed E-state index contributed by atoms with van der Waals surface area (Å²) in [5, 5.41) is 6.95. The molecule has 1 amide bonds. The Balaban J connectivity index is 1.93. The lowest BCUT2D eigenvalue weighted by Crippen LogP contribution is -2.35. The highest BCUT2D eigenvalue weighted by Crippen LogP contribution is 2.12. The lowest BCUT2D eigenvalue weighted by atomic mass is 10.2. The maximum Gasteiger partial charge on any atom is 0.338 e. The van der Waals surface area contributed by atoms with Crippen molar-refractivity contribution in [1.82, 2.24) is 15.1 Å². The number of nitrogens with one attached hydrogen (secondary N) is 1. The van der Waals surface area contributed by atoms with Gasteiger partial charge in [0.15, 0.2) is 6.61 Å². The van der Waals surface area contributed by atoms with E-state index in [0.29, 0.717) is 5.56 Å². The summed E-state index contributed by atoms with van der Waals surface area (Å²) in [5.41, 5.74) is 2.26. The van der Waals surface area contributed by atoms with Crippen molar-refractivity contribution in [1.29, 1.82) is 0 Å². The number of nitrogens with zero attached hydrogens (tertiary/aromatic N) is 2. The fourth-order valence-corrected chi connectivity index (χ4v) is 2.01. The minimum atomic E-state index is -0.520. The van der Waals surface area contributed by atoms with Crippen LogP contribution in [0.25, 0.3) is 5.69 Å². The van der Waals surface area contributed by atoms with E-state index in [1.54, 1.807) is 35.1 Å². The number of amides is 1. The van der Waals surface area contributed by atoms with Gasteiger partial charge >= 0.3 is 5.97 Å². The van der Waals surface area contributed by atoms with Gasteiger partial charge in [0.05, 0.1) is 11.3 Å². The Morgan fingerprint density at radius 1 is 1.26 bits per heavy atom. The van der Waals surface area contributed by atoms with Crippen molar-refractivity contribution in [3.05, 3.63) is 47.8 Å². The highest BCUT2D eigenvalue weighted by Gasteiger charge is 2.12. The maximum atomic E-state index is 11.9. The maximum absolute atomic E-state index is 11.9. The molecule has 2 rings (SSSR count). The minimum absolute atomic E-state index is 0.0674. The van der Waals surface area contributed by atoms with E-state index in [1.165, 1.54) is 0 Å². The second kappa shape index (κ2) is 7.58. The minimum Gasteiger partial charge on any atom is -0.452 e. The summed E-state index contributed by atoms with van der Waals surface area (Å²) in [6.45, 7) is 5.55. The van der Waals surface area contributed by atoms with Gasteiger partial charge in [-0.25, -0.2) is 9.48 Å². The van der Waals surface area contributed by atoms with E-state index in [4.69, 9.17) is 4.74 Å². The Morgan fingerprint density at radius 3 is 2.52 bits per heavy atom. The number of carbonyl (C=O) groups is 2. The number of carbonyl (C=O) groups excluding carboxylic acids is 2. The standard InChI is InChI=1S/C17H21N3O3/c1-4-12(2)19-16(21)11-23-17(22)14-5-7-15(8-6-14)20-13(3)9-10-18-20/h5-10,12H,4,11H2,1-3H3,(H,19,21)/t12-/m0/s1. The molecule has 0 spiro atoms. The van der Waals surface area contributed by atoms with Gasteiger partial charge in [-0.2, -0.15) is 5.10 Å². The zero-order chi connectivity index (χ0) is 16.8. The molecule has 122 valence electrons. The molecule has 1 atom stereocenters. The summed E-state index contributed by atoms with van der Waals surface area (Å²) in [4.78, 5) is 23.5. The molecule has 0 saturated heterocycles. The van der Waals surface area contributed by atoms with E-state index in [1.807, 2.05) is 26.8 Å². The third-order valence-corrected chi connectivity index (χ3v) is 3.53. The van der Waals surface area contributed by atoms with Crippen LogP contribution in [0.1, 0.15) is 36.3 Å². The molecule has 0 aliphatic rings. The van der Waals surface area contributed by atoms with Gasteiger partial charge in [0.25, 0.3) is 5.91 Å². The van der Waals surface area contributed by atoms with Crippen LogP contribution in [-0.4, -0.2) is 34.3 Å². The van der Waals surface area contributed by atoms with Crippen molar-refractivity contribution in [2.45, 2.75) is 33.2 Å². The van der Waals surface area contributed by atoms with Crippen molar-refractivity contribution in [3.63, 3.8) is 0 Å². The molecule has 1 aromatic heterocycles. The van der Waals surface area contributed by atoms with Crippen LogP contribution in [0.15, 0.2) is 36.5 Å². The molecule has 0 aliphatic heterocycles. The Hall–Kier alpha value is -2.63. The van der Waals surface area contributed by atoms with Gasteiger partial charge in [-0.3, -0.25) is 4.79 Å². The molecular weight excluding hydrogens is 294 g/mol. The Labute approximate surface area is 135 Å². The smallest absolute Gasteiger partial charge is 0.338 e. The molecule has 1 heterocycles. The summed E-state index contributed by atoms with van der Waals surface area (Å²) < 4.78 is 6.79. The number of esters is 1. The SMILES string of the molecule is CC[C@H](C)NC(=O)COC(=O)c1ccc(-n2nccc2C)cc1. The van der Waals surface area contributed by atoms with Gasteiger partial charge in [0.1, 0.15) is 0 Å². The van der Waals surface area contributed by atoms with Crippen LogP contribution >= 0.6 is 0 Å². The number of rotatable bonds is 6. The topological polar surface area (TPSA) is 73.2 Å².